The molecule has 1 aliphatic heterocycles. The number of carbonyl (C=O) groups is 2. The molecule has 0 aliphatic carbocycles. The van der Waals surface area contributed by atoms with Gasteiger partial charge in [0.2, 0.25) is 5.91 Å². The number of piperidine rings is 1. The lowest BCUT2D eigenvalue weighted by molar-refractivity contribution is -0.134. The van der Waals surface area contributed by atoms with Crippen molar-refractivity contribution < 1.29 is 19.5 Å². The highest BCUT2D eigenvalue weighted by Gasteiger charge is 2.35. The molecule has 0 radical (unpaired) electrons. The van der Waals surface area contributed by atoms with Crippen molar-refractivity contribution in [1.29, 1.82) is 0 Å². The number of hydroxylamine groups is 1. The first kappa shape index (κ1) is 25.2. The molecule has 1 aliphatic rings. The van der Waals surface area contributed by atoms with Crippen LogP contribution in [0.3, 0.4) is 0 Å². The predicted molar refractivity (Wildman–Crippen MR) is 145 cm³/mol. The highest BCUT2D eigenvalue weighted by Crippen LogP contribution is 2.25. The Labute approximate surface area is 221 Å². The fourth-order valence-electron chi connectivity index (χ4n) is 5.00. The van der Waals surface area contributed by atoms with Gasteiger partial charge in [0.25, 0.3) is 5.91 Å². The summed E-state index contributed by atoms with van der Waals surface area (Å²) in [6, 6.07) is 26.3. The summed E-state index contributed by atoms with van der Waals surface area (Å²) in [6.07, 6.45) is 0.502. The number of fused-ring (bicyclic) bond motifs is 1. The van der Waals surface area contributed by atoms with Gasteiger partial charge in [0.1, 0.15) is 12.4 Å². The van der Waals surface area contributed by atoms with Gasteiger partial charge in [-0.3, -0.25) is 19.8 Å². The van der Waals surface area contributed by atoms with Crippen molar-refractivity contribution in [2.24, 2.45) is 5.92 Å². The molecular weight excluding hydrogens is 480 g/mol. The second-order valence-corrected chi connectivity index (χ2v) is 9.49. The molecule has 0 spiro atoms. The average Bonchev–Trinajstić information content (AvgIpc) is 2.96. The Balaban J connectivity index is 1.25. The Morgan fingerprint density at radius 3 is 2.53 bits per heavy atom. The number of nitrogens with zero attached hydrogens (tertiary/aromatic N) is 2. The summed E-state index contributed by atoms with van der Waals surface area (Å²) in [5.41, 5.74) is 6.14. The van der Waals surface area contributed by atoms with Crippen LogP contribution < -0.4 is 20.4 Å². The molecule has 0 bridgehead atoms. The lowest BCUT2D eigenvalue weighted by atomic mass is 9.90. The number of aryl methyl sites for hydroxylation is 1. The highest BCUT2D eigenvalue weighted by atomic mass is 16.5. The van der Waals surface area contributed by atoms with Crippen LogP contribution in [0.5, 0.6) is 5.75 Å². The average molecular weight is 511 g/mol. The molecule has 8 heteroatoms. The van der Waals surface area contributed by atoms with Crippen LogP contribution in [0.1, 0.15) is 28.0 Å². The molecule has 194 valence electrons. The van der Waals surface area contributed by atoms with Crippen molar-refractivity contribution in [1.82, 2.24) is 15.8 Å². The van der Waals surface area contributed by atoms with Gasteiger partial charge >= 0.3 is 0 Å². The molecule has 8 nitrogen and oxygen atoms in total. The largest absolute Gasteiger partial charge is 0.489 e. The molecule has 0 unspecified atom stereocenters. The van der Waals surface area contributed by atoms with Crippen LogP contribution >= 0.6 is 0 Å². The van der Waals surface area contributed by atoms with Gasteiger partial charge in [-0.1, -0.05) is 36.4 Å². The third kappa shape index (κ3) is 5.60. The molecule has 0 saturated carbocycles. The summed E-state index contributed by atoms with van der Waals surface area (Å²) in [6.45, 7) is 3.44. The van der Waals surface area contributed by atoms with E-state index in [4.69, 9.17) is 4.74 Å². The van der Waals surface area contributed by atoms with Crippen molar-refractivity contribution in [2.45, 2.75) is 26.0 Å². The molecule has 2 heterocycles. The van der Waals surface area contributed by atoms with Crippen LogP contribution in [0.2, 0.25) is 0 Å². The molecule has 1 aromatic heterocycles. The lowest BCUT2D eigenvalue weighted by Gasteiger charge is -2.39. The number of anilines is 1. The van der Waals surface area contributed by atoms with Gasteiger partial charge in [-0.25, -0.2) is 5.48 Å². The molecular formula is C30H30N4O4. The number of benzene rings is 3. The molecule has 2 amide bonds. The fourth-order valence-corrected chi connectivity index (χ4v) is 5.00. The van der Waals surface area contributed by atoms with Crippen molar-refractivity contribution in [3.05, 3.63) is 102 Å². The summed E-state index contributed by atoms with van der Waals surface area (Å²) >= 11 is 0. The minimum Gasteiger partial charge on any atom is -0.489 e. The van der Waals surface area contributed by atoms with E-state index < -0.39 is 17.9 Å². The number of para-hydroxylation sites is 2. The van der Waals surface area contributed by atoms with Crippen molar-refractivity contribution in [2.75, 3.05) is 18.0 Å². The molecule has 5 rings (SSSR count). The number of carbonyl (C=O) groups excluding carboxylic acids is 2. The third-order valence-corrected chi connectivity index (χ3v) is 6.94. The van der Waals surface area contributed by atoms with Crippen LogP contribution in [-0.4, -0.2) is 41.1 Å². The summed E-state index contributed by atoms with van der Waals surface area (Å²) in [4.78, 5) is 32.1. The maximum Gasteiger partial charge on any atom is 0.251 e. The van der Waals surface area contributed by atoms with Crippen LogP contribution in [0, 0.1) is 12.8 Å². The zero-order chi connectivity index (χ0) is 26.5. The van der Waals surface area contributed by atoms with E-state index in [0.29, 0.717) is 37.4 Å². The van der Waals surface area contributed by atoms with E-state index in [9.17, 15) is 14.8 Å². The van der Waals surface area contributed by atoms with Gasteiger partial charge in [0.05, 0.1) is 17.5 Å². The monoisotopic (exact) mass is 510 g/mol. The van der Waals surface area contributed by atoms with Gasteiger partial charge in [-0.05, 0) is 61.9 Å². The number of hydrogen-bond donors (Lipinski definition) is 3. The number of aromatic nitrogens is 1. The highest BCUT2D eigenvalue weighted by molar-refractivity contribution is 5.95. The zero-order valence-electron chi connectivity index (χ0n) is 21.1. The zero-order valence-corrected chi connectivity index (χ0v) is 21.1. The summed E-state index contributed by atoms with van der Waals surface area (Å²) in [5.74, 6) is -0.677. The normalized spacial score (nSPS) is 17.2. The second kappa shape index (κ2) is 11.3. The van der Waals surface area contributed by atoms with E-state index in [1.165, 1.54) is 0 Å². The fraction of sp³-hybridized carbons (Fsp3) is 0.233. The van der Waals surface area contributed by atoms with Crippen LogP contribution in [-0.2, 0) is 11.4 Å². The van der Waals surface area contributed by atoms with Crippen LogP contribution in [0.15, 0.2) is 84.9 Å². The predicted octanol–water partition coefficient (Wildman–Crippen LogP) is 4.25. The Hall–Kier alpha value is -4.43. The Morgan fingerprint density at radius 1 is 1.03 bits per heavy atom. The Morgan fingerprint density at radius 2 is 1.76 bits per heavy atom. The van der Waals surface area contributed by atoms with Crippen LogP contribution in [0.25, 0.3) is 10.9 Å². The molecule has 3 aromatic carbocycles. The molecule has 2 atom stereocenters. The number of ether oxygens (including phenoxy) is 1. The van der Waals surface area contributed by atoms with Gasteiger partial charge in [-0.15, -0.1) is 0 Å². The molecule has 3 N–H and O–H groups in total. The molecule has 4 aromatic rings. The quantitative estimate of drug-likeness (QED) is 0.254. The minimum absolute atomic E-state index is 0.289. The van der Waals surface area contributed by atoms with E-state index in [2.05, 4.69) is 15.2 Å². The number of amides is 2. The van der Waals surface area contributed by atoms with E-state index in [1.54, 1.807) is 29.7 Å². The number of rotatable bonds is 7. The smallest absolute Gasteiger partial charge is 0.251 e. The maximum absolute atomic E-state index is 13.1. The van der Waals surface area contributed by atoms with Crippen molar-refractivity contribution in [3.63, 3.8) is 0 Å². The van der Waals surface area contributed by atoms with E-state index in [0.717, 1.165) is 27.8 Å². The molecule has 1 fully saturated rings. The SMILES string of the molecule is Cc1cc(COc2ccc(C(=O)N[C@@H]3CN(c4ccccc4)CC[C@@H]3C(=O)NO)cc2)c2ccccc2n1. The van der Waals surface area contributed by atoms with Crippen molar-refractivity contribution in [3.8, 4) is 5.75 Å². The third-order valence-electron chi connectivity index (χ3n) is 6.94. The number of hydrogen-bond acceptors (Lipinski definition) is 6. The lowest BCUT2D eigenvalue weighted by Crippen LogP contribution is -2.56. The first-order valence-corrected chi connectivity index (χ1v) is 12.6. The van der Waals surface area contributed by atoms with Gasteiger partial charge in [-0.2, -0.15) is 0 Å². The van der Waals surface area contributed by atoms with Gasteiger partial charge in [0.15, 0.2) is 0 Å². The standard InChI is InChI=1S/C30H30N4O4/c1-20-17-22(25-9-5-6-10-27(25)31-20)19-38-24-13-11-21(12-14-24)29(35)32-28-18-34(23-7-3-2-4-8-23)16-15-26(28)30(36)33-37/h2-14,17,26,28,37H,15-16,18-19H2,1H3,(H,32,35)(H,33,36)/t26-,28+/m0/s1. The van der Waals surface area contributed by atoms with E-state index in [-0.39, 0.29) is 5.91 Å². The van der Waals surface area contributed by atoms with E-state index >= 15 is 0 Å². The maximum atomic E-state index is 13.1. The molecule has 38 heavy (non-hydrogen) atoms. The first-order chi connectivity index (χ1) is 18.5. The Bertz CT molecular complexity index is 1430. The number of nitrogens with one attached hydrogen (secondary N) is 2. The second-order valence-electron chi connectivity index (χ2n) is 9.49. The summed E-state index contributed by atoms with van der Waals surface area (Å²) in [5, 5.41) is 13.3. The molecule has 1 saturated heterocycles. The van der Waals surface area contributed by atoms with Gasteiger partial charge < -0.3 is 15.0 Å². The first-order valence-electron chi connectivity index (χ1n) is 12.6. The van der Waals surface area contributed by atoms with Crippen LogP contribution in [0.4, 0.5) is 5.69 Å². The number of pyridine rings is 1. The topological polar surface area (TPSA) is 104 Å². The summed E-state index contributed by atoms with van der Waals surface area (Å²) < 4.78 is 6.02. The summed E-state index contributed by atoms with van der Waals surface area (Å²) in [7, 11) is 0. The Kier molecular flexibility index (Phi) is 7.51. The van der Waals surface area contributed by atoms with Crippen molar-refractivity contribution >= 4 is 28.4 Å². The minimum atomic E-state index is -0.537. The van der Waals surface area contributed by atoms with E-state index in [1.807, 2.05) is 67.6 Å². The van der Waals surface area contributed by atoms with Gasteiger partial charge in [0, 0.05) is 41.0 Å².